The third-order valence-corrected chi connectivity index (χ3v) is 0.624. The first-order valence-corrected chi connectivity index (χ1v) is 5.60. The molecule has 0 heterocycles. The molecule has 0 bridgehead atoms. The van der Waals surface area contributed by atoms with Gasteiger partial charge >= 0.3 is 16.4 Å². The molecule has 0 unspecified atom stereocenters. The fraction of sp³-hybridized carbons (Fsp3) is 0.625. The van der Waals surface area contributed by atoms with Crippen LogP contribution in [0.1, 0.15) is 13.8 Å². The molecule has 3 N–H and O–H groups in total. The molecule has 0 saturated carbocycles. The van der Waals surface area contributed by atoms with E-state index in [2.05, 4.69) is 16.6 Å². The highest BCUT2D eigenvalue weighted by Gasteiger charge is 1.98. The second-order valence-corrected chi connectivity index (χ2v) is 3.34. The zero-order valence-corrected chi connectivity index (χ0v) is 10.7. The molecule has 16 heavy (non-hydrogen) atoms. The maximum atomic E-state index is 10.4. The van der Waals surface area contributed by atoms with Crippen LogP contribution in [0.4, 0.5) is 0 Å². The summed E-state index contributed by atoms with van der Waals surface area (Å²) in [7, 11) is -0.917. The normalized spacial score (nSPS) is 8.88. The van der Waals surface area contributed by atoms with Gasteiger partial charge in [-0.25, -0.2) is 4.79 Å². The minimum Gasteiger partial charge on any atom is -0.463 e. The van der Waals surface area contributed by atoms with Crippen LogP contribution >= 0.6 is 0 Å². The standard InChI is InChI=1S/C6H10O2.C2H7N.H2O4S/c1-4-8-6(7)5(2)3;1-3-2;1-5(2,3)4/h2,4H2,1,3H3;3H,1-2H3;(H2,1,2,3,4). The Morgan fingerprint density at radius 3 is 1.69 bits per heavy atom. The predicted octanol–water partition coefficient (Wildman–Crippen LogP) is 0.308. The molecule has 0 radical (unpaired) electrons. The lowest BCUT2D eigenvalue weighted by Crippen LogP contribution is -2.03. The molecule has 0 saturated heterocycles. The van der Waals surface area contributed by atoms with E-state index in [0.29, 0.717) is 12.2 Å². The Labute approximate surface area is 96.1 Å². The lowest BCUT2D eigenvalue weighted by molar-refractivity contribution is -0.138. The Balaban J connectivity index is -0.000000181. The second-order valence-electron chi connectivity index (χ2n) is 2.45. The number of rotatable bonds is 2. The Hall–Kier alpha value is -0.960. The molecule has 0 aromatic heterocycles. The number of carbonyl (C=O) groups is 1. The summed E-state index contributed by atoms with van der Waals surface area (Å²) in [6.07, 6.45) is 0. The first-order valence-electron chi connectivity index (χ1n) is 4.21. The topological polar surface area (TPSA) is 113 Å². The van der Waals surface area contributed by atoms with Crippen molar-refractivity contribution in [3.05, 3.63) is 12.2 Å². The van der Waals surface area contributed by atoms with Gasteiger partial charge in [-0.2, -0.15) is 8.42 Å². The van der Waals surface area contributed by atoms with E-state index in [0.717, 1.165) is 0 Å². The Morgan fingerprint density at radius 1 is 1.38 bits per heavy atom. The van der Waals surface area contributed by atoms with Gasteiger partial charge in [-0.15, -0.1) is 0 Å². The van der Waals surface area contributed by atoms with Gasteiger partial charge in [0, 0.05) is 5.57 Å². The Bertz CT molecular complexity index is 277. The summed E-state index contributed by atoms with van der Waals surface area (Å²) in [5, 5.41) is 2.75. The smallest absolute Gasteiger partial charge is 0.394 e. The lowest BCUT2D eigenvalue weighted by Gasteiger charge is -1.96. The van der Waals surface area contributed by atoms with Crippen molar-refractivity contribution >= 4 is 16.4 Å². The number of esters is 1. The summed E-state index contributed by atoms with van der Waals surface area (Å²) in [6, 6.07) is 0. The van der Waals surface area contributed by atoms with Gasteiger partial charge < -0.3 is 10.1 Å². The van der Waals surface area contributed by atoms with E-state index in [-0.39, 0.29) is 5.97 Å². The molecule has 0 spiro atoms. The van der Waals surface area contributed by atoms with E-state index in [9.17, 15) is 4.79 Å². The highest BCUT2D eigenvalue weighted by Crippen LogP contribution is 1.89. The molecule has 0 rings (SSSR count). The van der Waals surface area contributed by atoms with Gasteiger partial charge in [-0.1, -0.05) is 6.58 Å². The molecule has 98 valence electrons. The molecule has 0 amide bonds. The van der Waals surface area contributed by atoms with Crippen molar-refractivity contribution in [1.82, 2.24) is 5.32 Å². The molecule has 0 aromatic carbocycles. The highest BCUT2D eigenvalue weighted by molar-refractivity contribution is 7.79. The monoisotopic (exact) mass is 257 g/mol. The number of ether oxygens (including phenoxy) is 1. The van der Waals surface area contributed by atoms with E-state index >= 15 is 0 Å². The van der Waals surface area contributed by atoms with E-state index in [1.807, 2.05) is 14.1 Å². The summed E-state index contributed by atoms with van der Waals surface area (Å²) in [5.74, 6) is -0.312. The van der Waals surface area contributed by atoms with Crippen molar-refractivity contribution in [1.29, 1.82) is 0 Å². The number of hydrogen-bond donors (Lipinski definition) is 3. The van der Waals surface area contributed by atoms with Gasteiger partial charge in [0.2, 0.25) is 0 Å². The van der Waals surface area contributed by atoms with Crippen LogP contribution in [0.25, 0.3) is 0 Å². The van der Waals surface area contributed by atoms with Crippen molar-refractivity contribution < 1.29 is 27.1 Å². The molecular formula is C8H19NO6S. The minimum absolute atomic E-state index is 0.312. The van der Waals surface area contributed by atoms with Crippen molar-refractivity contribution in [3.63, 3.8) is 0 Å². The lowest BCUT2D eigenvalue weighted by atomic mass is 10.4. The average Bonchev–Trinajstić information content (AvgIpc) is 2.02. The number of nitrogens with one attached hydrogen (secondary N) is 1. The van der Waals surface area contributed by atoms with Crippen molar-refractivity contribution in [2.24, 2.45) is 0 Å². The third-order valence-electron chi connectivity index (χ3n) is 0.624. The molecule has 0 aromatic rings. The van der Waals surface area contributed by atoms with Gasteiger partial charge in [-0.05, 0) is 27.9 Å². The van der Waals surface area contributed by atoms with Crippen molar-refractivity contribution in [2.45, 2.75) is 13.8 Å². The van der Waals surface area contributed by atoms with Gasteiger partial charge in [0.05, 0.1) is 6.61 Å². The first kappa shape index (κ1) is 20.5. The summed E-state index contributed by atoms with van der Waals surface area (Å²) in [4.78, 5) is 10.4. The van der Waals surface area contributed by atoms with Gasteiger partial charge in [0.25, 0.3) is 0 Å². The predicted molar refractivity (Wildman–Crippen MR) is 60.6 cm³/mol. The number of carbonyl (C=O) groups excluding carboxylic acids is 1. The Kier molecular flexibility index (Phi) is 15.5. The number of hydrogen-bond acceptors (Lipinski definition) is 5. The average molecular weight is 257 g/mol. The van der Waals surface area contributed by atoms with Gasteiger partial charge in [0.15, 0.2) is 0 Å². The molecule has 7 nitrogen and oxygen atoms in total. The van der Waals surface area contributed by atoms with Crippen LogP contribution < -0.4 is 5.32 Å². The van der Waals surface area contributed by atoms with Crippen LogP contribution in [0, 0.1) is 0 Å². The molecule has 0 atom stereocenters. The van der Waals surface area contributed by atoms with E-state index in [1.54, 1.807) is 13.8 Å². The first-order chi connectivity index (χ1) is 7.09. The third kappa shape index (κ3) is 51.8. The summed E-state index contributed by atoms with van der Waals surface area (Å²) in [6.45, 7) is 7.21. The summed E-state index contributed by atoms with van der Waals surface area (Å²) < 4.78 is 36.1. The van der Waals surface area contributed by atoms with Gasteiger partial charge in [0.1, 0.15) is 0 Å². The fourth-order valence-electron chi connectivity index (χ4n) is 0.254. The van der Waals surface area contributed by atoms with Crippen molar-refractivity contribution in [3.8, 4) is 0 Å². The summed E-state index contributed by atoms with van der Waals surface area (Å²) in [5.41, 5.74) is 0.451. The van der Waals surface area contributed by atoms with Crippen molar-refractivity contribution in [2.75, 3.05) is 20.7 Å². The largest absolute Gasteiger partial charge is 0.463 e. The zero-order valence-electron chi connectivity index (χ0n) is 9.85. The maximum Gasteiger partial charge on any atom is 0.394 e. The van der Waals surface area contributed by atoms with Gasteiger partial charge in [-0.3, -0.25) is 9.11 Å². The van der Waals surface area contributed by atoms with Crippen LogP contribution in [0.3, 0.4) is 0 Å². The Morgan fingerprint density at radius 2 is 1.62 bits per heavy atom. The summed E-state index contributed by atoms with van der Waals surface area (Å²) >= 11 is 0. The van der Waals surface area contributed by atoms with E-state index < -0.39 is 10.4 Å². The van der Waals surface area contributed by atoms with Crippen LogP contribution in [-0.2, 0) is 19.9 Å². The molecular weight excluding hydrogens is 238 g/mol. The molecule has 0 aliphatic carbocycles. The highest BCUT2D eigenvalue weighted by atomic mass is 32.3. The zero-order chi connectivity index (χ0) is 13.8. The molecule has 0 aliphatic rings. The van der Waals surface area contributed by atoms with E-state index in [1.165, 1.54) is 0 Å². The fourth-order valence-corrected chi connectivity index (χ4v) is 0.254. The molecule has 0 aliphatic heterocycles. The van der Waals surface area contributed by atoms with Crippen LogP contribution in [0.2, 0.25) is 0 Å². The second kappa shape index (κ2) is 12.1. The maximum absolute atomic E-state index is 10.4. The minimum atomic E-state index is -4.67. The molecule has 8 heteroatoms. The van der Waals surface area contributed by atoms with Crippen LogP contribution in [0.5, 0.6) is 0 Å². The van der Waals surface area contributed by atoms with Crippen LogP contribution in [0.15, 0.2) is 12.2 Å². The quantitative estimate of drug-likeness (QED) is 0.370. The van der Waals surface area contributed by atoms with Crippen LogP contribution in [-0.4, -0.2) is 44.2 Å². The molecule has 0 fully saturated rings. The van der Waals surface area contributed by atoms with E-state index in [4.69, 9.17) is 17.5 Å². The SMILES string of the molecule is C=C(C)C(=O)OCC.CNC.O=S(=O)(O)O.